The van der Waals surface area contributed by atoms with Gasteiger partial charge in [0.25, 0.3) is 0 Å². The van der Waals surface area contributed by atoms with Crippen LogP contribution in [0.5, 0.6) is 0 Å². The molecule has 21 N–H and O–H groups in total. The van der Waals surface area contributed by atoms with Crippen LogP contribution in [0.3, 0.4) is 0 Å². The first kappa shape index (κ1) is 70.7. The lowest BCUT2D eigenvalue weighted by molar-refractivity contribution is -0.395. The molecule has 0 aliphatic carbocycles. The van der Waals surface area contributed by atoms with Crippen molar-refractivity contribution in [3.8, 4) is 0 Å². The van der Waals surface area contributed by atoms with Crippen LogP contribution in [0.1, 0.15) is 20.3 Å². The second kappa shape index (κ2) is 31.7. The van der Waals surface area contributed by atoms with E-state index in [1.807, 2.05) is 6.92 Å². The Kier molecular flexibility index (Phi) is 26.0. The van der Waals surface area contributed by atoms with E-state index in [-0.39, 0.29) is 29.6 Å². The number of nitrogens with two attached hydrogens (primary N) is 1. The van der Waals surface area contributed by atoms with Gasteiger partial charge in [0.2, 0.25) is 0 Å². The van der Waals surface area contributed by atoms with E-state index in [1.165, 1.54) is 23.5 Å². The number of amidine groups is 1. The van der Waals surface area contributed by atoms with E-state index >= 15 is 0 Å². The van der Waals surface area contributed by atoms with Crippen LogP contribution >= 0.6 is 23.5 Å². The van der Waals surface area contributed by atoms with E-state index in [4.69, 9.17) is 72.0 Å². The predicted octanol–water partition coefficient (Wildman–Crippen LogP) is -12.0. The molecule has 37 heteroatoms. The van der Waals surface area contributed by atoms with Gasteiger partial charge in [-0.3, -0.25) is 4.99 Å². The largest absolute Gasteiger partial charge is 0.394 e. The first-order chi connectivity index (χ1) is 41.0. The number of hydrogen-bond donors (Lipinski definition) is 20. The summed E-state index contributed by atoms with van der Waals surface area (Å²) in [5, 5.41) is 215. The maximum atomic E-state index is 11.8. The number of aliphatic hydroxyl groups excluding tert-OH is 19. The molecule has 0 saturated carbocycles. The average Bonchev–Trinajstić information content (AvgIpc) is 2.72. The third kappa shape index (κ3) is 15.4. The van der Waals surface area contributed by atoms with Crippen molar-refractivity contribution in [2.45, 2.75) is 235 Å². The lowest BCUT2D eigenvalue weighted by Crippen LogP contribution is -2.68. The summed E-state index contributed by atoms with van der Waals surface area (Å²) in [6.45, 7) is -1.40. The summed E-state index contributed by atoms with van der Waals surface area (Å²) in [4.78, 5) is 4.13. The van der Waals surface area contributed by atoms with E-state index in [1.54, 1.807) is 6.92 Å². The molecule has 86 heavy (non-hydrogen) atoms. The monoisotopic (exact) mass is 1290 g/mol. The first-order valence-electron chi connectivity index (χ1n) is 28.2. The van der Waals surface area contributed by atoms with Gasteiger partial charge in [0, 0.05) is 23.8 Å². The highest BCUT2D eigenvalue weighted by Gasteiger charge is 2.59. The Morgan fingerprint density at radius 2 is 0.512 bits per heavy atom. The summed E-state index contributed by atoms with van der Waals surface area (Å²) in [6.07, 6.45) is -66.5. The minimum atomic E-state index is -2.18. The van der Waals surface area contributed by atoms with E-state index < -0.39 is 248 Å². The molecule has 0 radical (unpaired) electrons. The van der Waals surface area contributed by atoms with E-state index in [2.05, 4.69) is 4.99 Å². The number of rotatable bonds is 14. The molecule has 0 aromatic heterocycles. The smallest absolute Gasteiger partial charge is 0.187 e. The highest BCUT2D eigenvalue weighted by Crippen LogP contribution is 2.40. The van der Waals surface area contributed by atoms with Crippen LogP contribution in [-0.2, 0) is 66.3 Å². The zero-order valence-electron chi connectivity index (χ0n) is 46.5. The normalized spacial score (nSPS) is 51.0. The molecule has 500 valence electrons. The minimum Gasteiger partial charge on any atom is -0.394 e. The van der Waals surface area contributed by atoms with E-state index in [0.717, 1.165) is 0 Å². The number of nitrogens with zero attached hydrogens (tertiary/aromatic N) is 1. The fourth-order valence-corrected chi connectivity index (χ4v) is 13.1. The van der Waals surface area contributed by atoms with E-state index in [9.17, 15) is 97.0 Å². The Morgan fingerprint density at radius 1 is 0.314 bits per heavy atom. The van der Waals surface area contributed by atoms with Crippen LogP contribution < -0.4 is 5.73 Å². The summed E-state index contributed by atoms with van der Waals surface area (Å²) in [6, 6.07) is 0. The van der Waals surface area contributed by atoms with Gasteiger partial charge in [-0.15, -0.1) is 0 Å². The second-order valence-electron chi connectivity index (χ2n) is 22.0. The SMILES string of the molecule is CCCSCC1OC2OC3C(CO)OC(OC4C(CO)OC(OC5C(CSCCN=C(C)N)OC(OC6C(CO)OC(OC7C(CO)OC(OC8C(CO)OC(OC1C(O)C2O)C(O)C8O)C(O)C7O)C(O)C6O)C(O)C5O)C(O)C4O)C(O)C3O. The summed E-state index contributed by atoms with van der Waals surface area (Å²) in [5.41, 5.74) is 5.69. The van der Waals surface area contributed by atoms with Gasteiger partial charge >= 0.3 is 0 Å². The summed E-state index contributed by atoms with van der Waals surface area (Å²) < 4.78 is 82.7. The van der Waals surface area contributed by atoms with Crippen molar-refractivity contribution in [2.75, 3.05) is 62.6 Å². The van der Waals surface area contributed by atoms with Gasteiger partial charge in [0.05, 0.1) is 51.1 Å². The molecule has 35 atom stereocenters. The molecule has 21 aliphatic rings. The molecule has 21 heterocycles. The molecular weight excluding hydrogens is 1210 g/mol. The Labute approximate surface area is 499 Å². The van der Waals surface area contributed by atoms with Gasteiger partial charge in [0.1, 0.15) is 159 Å². The second-order valence-corrected chi connectivity index (χ2v) is 24.3. The third-order valence-electron chi connectivity index (χ3n) is 15.9. The Morgan fingerprint density at radius 3 is 0.709 bits per heavy atom. The molecule has 0 amide bonds. The third-order valence-corrected chi connectivity index (χ3v) is 18.2. The summed E-state index contributed by atoms with van der Waals surface area (Å²) in [7, 11) is 0. The van der Waals surface area contributed by atoms with Crippen LogP contribution in [0.25, 0.3) is 0 Å². The number of thioether (sulfide) groups is 2. The van der Waals surface area contributed by atoms with Gasteiger partial charge in [-0.1, -0.05) is 6.92 Å². The van der Waals surface area contributed by atoms with Crippen LogP contribution in [0, 0.1) is 0 Å². The molecule has 14 bridgehead atoms. The molecule has 0 spiro atoms. The molecule has 35 nitrogen and oxygen atoms in total. The van der Waals surface area contributed by atoms with Crippen LogP contribution in [0.2, 0.25) is 0 Å². The van der Waals surface area contributed by atoms with Crippen molar-refractivity contribution >= 4 is 29.4 Å². The number of aliphatic hydroxyl groups is 19. The molecule has 35 unspecified atom stereocenters. The highest BCUT2D eigenvalue weighted by molar-refractivity contribution is 7.99. The van der Waals surface area contributed by atoms with Gasteiger partial charge < -0.3 is 169 Å². The molecule has 0 aromatic carbocycles. The van der Waals surface area contributed by atoms with Crippen LogP contribution in [0.4, 0.5) is 0 Å². The minimum absolute atomic E-state index is 0.0222. The molecule has 21 rings (SSSR count). The molecule has 21 aliphatic heterocycles. The average molecular weight is 1290 g/mol. The van der Waals surface area contributed by atoms with Gasteiger partial charge in [-0.25, -0.2) is 0 Å². The maximum absolute atomic E-state index is 11.8. The number of hydrogen-bond acceptors (Lipinski definition) is 36. The highest BCUT2D eigenvalue weighted by atomic mass is 32.2. The lowest BCUT2D eigenvalue weighted by Gasteiger charge is -2.50. The van der Waals surface area contributed by atoms with Crippen molar-refractivity contribution < 1.29 is 163 Å². The maximum Gasteiger partial charge on any atom is 0.187 e. The zero-order valence-corrected chi connectivity index (χ0v) is 48.2. The molecule has 21 saturated heterocycles. The van der Waals surface area contributed by atoms with Gasteiger partial charge in [-0.2, -0.15) is 23.5 Å². The van der Waals surface area contributed by atoms with Gasteiger partial charge in [0.15, 0.2) is 44.0 Å². The molecular formula is C49H84N2O33S2. The zero-order chi connectivity index (χ0) is 62.6. The topological polar surface area (TPSA) is 552 Å². The Bertz CT molecular complexity index is 2080. The number of ether oxygens (including phenoxy) is 14. The van der Waals surface area contributed by atoms with E-state index in [0.29, 0.717) is 12.2 Å². The summed E-state index contributed by atoms with van der Waals surface area (Å²) >= 11 is 2.45. The van der Waals surface area contributed by atoms with Crippen LogP contribution in [0.15, 0.2) is 4.99 Å². The molecule has 0 aromatic rings. The lowest BCUT2D eigenvalue weighted by atomic mass is 9.95. The Hall–Kier alpha value is -1.15. The summed E-state index contributed by atoms with van der Waals surface area (Å²) in [5.74, 6) is 0.930. The van der Waals surface area contributed by atoms with Crippen LogP contribution in [-0.4, -0.2) is 380 Å². The molecule has 21 fully saturated rings. The van der Waals surface area contributed by atoms with Crippen molar-refractivity contribution in [1.29, 1.82) is 0 Å². The standard InChI is InChI=1S/C49H84N2O33S2/c1-3-5-85-12-20-41-27(62)34(69)48(76-20)81-39-18(10-55)72-45(30(65)23(39)58)80-38-17(9-54)75-47(33(68)26(38)61)84-42-21(13-86-6-4-51-14(2)50)77-49(35(70)28(42)63)82-40-19(11-56)73-44(31(66)24(40)59)78-36-15(7-52)71-43(29(64)22(36)57)79-37-16(8-53)74-46(83-41)32(67)25(37)60/h15-49,52-70H,3-13H2,1-2H3,(H2,50,51). The van der Waals surface area contributed by atoms with Crippen molar-refractivity contribution in [3.05, 3.63) is 0 Å². The predicted molar refractivity (Wildman–Crippen MR) is 281 cm³/mol. The fraction of sp³-hybridized carbons (Fsp3) is 0.980. The van der Waals surface area contributed by atoms with Crippen molar-refractivity contribution in [1.82, 2.24) is 0 Å². The fourth-order valence-electron chi connectivity index (χ4n) is 11.2. The van der Waals surface area contributed by atoms with Crippen molar-refractivity contribution in [3.63, 3.8) is 0 Å². The quantitative estimate of drug-likeness (QED) is 0.0436. The first-order valence-corrected chi connectivity index (χ1v) is 30.5. The van der Waals surface area contributed by atoms with Crippen molar-refractivity contribution in [2.24, 2.45) is 10.7 Å². The Balaban J connectivity index is 1.10. The number of aliphatic imine (C=N–C) groups is 1. The van der Waals surface area contributed by atoms with Gasteiger partial charge in [-0.05, 0) is 19.1 Å².